The van der Waals surface area contributed by atoms with E-state index in [9.17, 15) is 14.0 Å². The van der Waals surface area contributed by atoms with Gasteiger partial charge >= 0.3 is 0 Å². The summed E-state index contributed by atoms with van der Waals surface area (Å²) >= 11 is 5.88. The van der Waals surface area contributed by atoms with E-state index in [1.807, 2.05) is 0 Å². The van der Waals surface area contributed by atoms with Gasteiger partial charge < -0.3 is 15.4 Å². The molecule has 2 aromatic carbocycles. The third kappa shape index (κ3) is 4.70. The Morgan fingerprint density at radius 3 is 2.46 bits per heavy atom. The summed E-state index contributed by atoms with van der Waals surface area (Å²) < 4.78 is 18.2. The lowest BCUT2D eigenvalue weighted by Gasteiger charge is -2.10. The van der Waals surface area contributed by atoms with Crippen LogP contribution in [0, 0.1) is 5.82 Å². The monoisotopic (exact) mass is 350 g/mol. The first-order chi connectivity index (χ1) is 11.5. The van der Waals surface area contributed by atoms with Crippen LogP contribution in [0.4, 0.5) is 4.39 Å². The summed E-state index contributed by atoms with van der Waals surface area (Å²) in [7, 11) is 1.46. The molecule has 2 aromatic rings. The summed E-state index contributed by atoms with van der Waals surface area (Å²) in [6.45, 7) is 0.402. The zero-order valence-corrected chi connectivity index (χ0v) is 13.7. The minimum absolute atomic E-state index is 0.198. The Balaban J connectivity index is 1.85. The van der Waals surface area contributed by atoms with Gasteiger partial charge in [-0.3, -0.25) is 9.59 Å². The van der Waals surface area contributed by atoms with Gasteiger partial charge in [0.25, 0.3) is 11.8 Å². The molecule has 24 heavy (non-hydrogen) atoms. The third-order valence-corrected chi connectivity index (χ3v) is 3.42. The van der Waals surface area contributed by atoms with Gasteiger partial charge in [-0.05, 0) is 36.4 Å². The second-order valence-electron chi connectivity index (χ2n) is 4.87. The predicted molar refractivity (Wildman–Crippen MR) is 89.1 cm³/mol. The van der Waals surface area contributed by atoms with Crippen LogP contribution in [0.5, 0.6) is 5.75 Å². The molecule has 126 valence electrons. The van der Waals surface area contributed by atoms with Crippen molar-refractivity contribution in [3.63, 3.8) is 0 Å². The highest BCUT2D eigenvalue weighted by Gasteiger charge is 2.12. The van der Waals surface area contributed by atoms with Gasteiger partial charge in [0, 0.05) is 23.7 Å². The number of halogens is 2. The van der Waals surface area contributed by atoms with Crippen molar-refractivity contribution in [1.29, 1.82) is 0 Å². The van der Waals surface area contributed by atoms with E-state index in [0.717, 1.165) is 6.07 Å². The Labute approximate surface area is 143 Å². The molecular formula is C17H16ClFN2O3. The Morgan fingerprint density at radius 2 is 1.79 bits per heavy atom. The first kappa shape index (κ1) is 17.7. The predicted octanol–water partition coefficient (Wildman–Crippen LogP) is 2.65. The second-order valence-corrected chi connectivity index (χ2v) is 5.30. The highest BCUT2D eigenvalue weighted by molar-refractivity contribution is 6.31. The molecule has 0 aromatic heterocycles. The average molecular weight is 351 g/mol. The summed E-state index contributed by atoms with van der Waals surface area (Å²) in [5, 5.41) is 5.67. The van der Waals surface area contributed by atoms with Crippen LogP contribution in [0.2, 0.25) is 5.02 Å². The normalized spacial score (nSPS) is 10.1. The van der Waals surface area contributed by atoms with Crippen molar-refractivity contribution in [3.8, 4) is 5.75 Å². The fourth-order valence-corrected chi connectivity index (χ4v) is 2.21. The molecule has 2 amide bonds. The van der Waals surface area contributed by atoms with E-state index in [0.29, 0.717) is 16.3 Å². The van der Waals surface area contributed by atoms with E-state index >= 15 is 0 Å². The van der Waals surface area contributed by atoms with Crippen molar-refractivity contribution >= 4 is 23.4 Å². The van der Waals surface area contributed by atoms with Crippen LogP contribution in [0.25, 0.3) is 0 Å². The van der Waals surface area contributed by atoms with Crippen molar-refractivity contribution in [2.75, 3.05) is 20.2 Å². The lowest BCUT2D eigenvalue weighted by molar-refractivity contribution is 0.0926. The van der Waals surface area contributed by atoms with Gasteiger partial charge in [0.1, 0.15) is 11.6 Å². The quantitative estimate of drug-likeness (QED) is 0.787. The molecule has 0 saturated carbocycles. The van der Waals surface area contributed by atoms with E-state index in [1.54, 1.807) is 12.1 Å². The van der Waals surface area contributed by atoms with Crippen LogP contribution in [0.1, 0.15) is 20.7 Å². The molecule has 5 nitrogen and oxygen atoms in total. The van der Waals surface area contributed by atoms with Crippen LogP contribution in [0.3, 0.4) is 0 Å². The SMILES string of the molecule is COc1ccc(Cl)cc1C(=O)NCCNC(=O)c1cccc(F)c1. The van der Waals surface area contributed by atoms with Crippen molar-refractivity contribution in [1.82, 2.24) is 10.6 Å². The zero-order valence-electron chi connectivity index (χ0n) is 12.9. The summed E-state index contributed by atoms with van der Waals surface area (Å²) in [6.07, 6.45) is 0. The maximum Gasteiger partial charge on any atom is 0.255 e. The zero-order chi connectivity index (χ0) is 17.5. The van der Waals surface area contributed by atoms with E-state index in [1.165, 1.54) is 31.4 Å². The van der Waals surface area contributed by atoms with Gasteiger partial charge in [-0.15, -0.1) is 0 Å². The molecule has 0 atom stereocenters. The van der Waals surface area contributed by atoms with E-state index in [2.05, 4.69) is 10.6 Å². The van der Waals surface area contributed by atoms with Crippen molar-refractivity contribution in [2.24, 2.45) is 0 Å². The fraction of sp³-hybridized carbons (Fsp3) is 0.176. The molecular weight excluding hydrogens is 335 g/mol. The molecule has 0 aliphatic heterocycles. The molecule has 0 radical (unpaired) electrons. The largest absolute Gasteiger partial charge is 0.496 e. The van der Waals surface area contributed by atoms with Gasteiger partial charge in [0.2, 0.25) is 0 Å². The van der Waals surface area contributed by atoms with Crippen molar-refractivity contribution < 1.29 is 18.7 Å². The molecule has 0 spiro atoms. The van der Waals surface area contributed by atoms with Crippen LogP contribution >= 0.6 is 11.6 Å². The van der Waals surface area contributed by atoms with Crippen LogP contribution in [-0.4, -0.2) is 32.0 Å². The smallest absolute Gasteiger partial charge is 0.255 e. The number of hydrogen-bond donors (Lipinski definition) is 2. The van der Waals surface area contributed by atoms with Crippen LogP contribution < -0.4 is 15.4 Å². The number of rotatable bonds is 6. The Morgan fingerprint density at radius 1 is 1.08 bits per heavy atom. The standard InChI is InChI=1S/C17H16ClFN2O3/c1-24-15-6-5-12(18)10-14(15)17(23)21-8-7-20-16(22)11-3-2-4-13(19)9-11/h2-6,9-10H,7-8H2,1H3,(H,20,22)(H,21,23). The topological polar surface area (TPSA) is 67.4 Å². The number of nitrogens with one attached hydrogen (secondary N) is 2. The lowest BCUT2D eigenvalue weighted by atomic mass is 10.2. The molecule has 0 unspecified atom stereocenters. The molecule has 0 aliphatic rings. The molecule has 0 bridgehead atoms. The maximum atomic E-state index is 13.1. The van der Waals surface area contributed by atoms with Gasteiger partial charge in [0.05, 0.1) is 12.7 Å². The molecule has 2 rings (SSSR count). The maximum absolute atomic E-state index is 13.1. The van der Waals surface area contributed by atoms with Gasteiger partial charge in [-0.1, -0.05) is 17.7 Å². The van der Waals surface area contributed by atoms with Crippen molar-refractivity contribution in [2.45, 2.75) is 0 Å². The Bertz CT molecular complexity index is 752. The van der Waals surface area contributed by atoms with E-state index in [4.69, 9.17) is 16.3 Å². The molecule has 7 heteroatoms. The van der Waals surface area contributed by atoms with Gasteiger partial charge in [-0.25, -0.2) is 4.39 Å². The highest BCUT2D eigenvalue weighted by atomic mass is 35.5. The number of methoxy groups -OCH3 is 1. The van der Waals surface area contributed by atoms with Crippen LogP contribution in [0.15, 0.2) is 42.5 Å². The Kier molecular flexibility index (Phi) is 6.14. The molecule has 0 heterocycles. The number of hydrogen-bond acceptors (Lipinski definition) is 3. The summed E-state index contributed by atoms with van der Waals surface area (Å²) in [4.78, 5) is 24.0. The Hall–Kier alpha value is -2.60. The fourth-order valence-electron chi connectivity index (χ4n) is 2.04. The number of carbonyl (C=O) groups is 2. The van der Waals surface area contributed by atoms with E-state index < -0.39 is 11.7 Å². The first-order valence-electron chi connectivity index (χ1n) is 7.17. The first-order valence-corrected chi connectivity index (χ1v) is 7.54. The van der Waals surface area contributed by atoms with Crippen molar-refractivity contribution in [3.05, 3.63) is 64.4 Å². The molecule has 0 saturated heterocycles. The number of amides is 2. The van der Waals surface area contributed by atoms with Gasteiger partial charge in [0.15, 0.2) is 0 Å². The third-order valence-electron chi connectivity index (χ3n) is 3.19. The summed E-state index contributed by atoms with van der Waals surface area (Å²) in [5.74, 6) is -0.858. The minimum atomic E-state index is -0.482. The summed E-state index contributed by atoms with van der Waals surface area (Å²) in [5.41, 5.74) is 0.527. The molecule has 2 N–H and O–H groups in total. The number of benzene rings is 2. The number of ether oxygens (including phenoxy) is 1. The molecule has 0 aliphatic carbocycles. The minimum Gasteiger partial charge on any atom is -0.496 e. The lowest BCUT2D eigenvalue weighted by Crippen LogP contribution is -2.34. The summed E-state index contributed by atoms with van der Waals surface area (Å²) in [6, 6.07) is 10.1. The highest BCUT2D eigenvalue weighted by Crippen LogP contribution is 2.22. The average Bonchev–Trinajstić information content (AvgIpc) is 2.58. The van der Waals surface area contributed by atoms with Crippen LogP contribution in [-0.2, 0) is 0 Å². The van der Waals surface area contributed by atoms with Gasteiger partial charge in [-0.2, -0.15) is 0 Å². The molecule has 0 fully saturated rings. The second kappa shape index (κ2) is 8.31. The van der Waals surface area contributed by atoms with E-state index in [-0.39, 0.29) is 24.6 Å². The number of carbonyl (C=O) groups excluding carboxylic acids is 2.